The minimum absolute atomic E-state index is 0.0968. The first-order chi connectivity index (χ1) is 7.70. The molecule has 3 nitrogen and oxygen atoms in total. The fourth-order valence-corrected chi connectivity index (χ4v) is 2.07. The summed E-state index contributed by atoms with van der Waals surface area (Å²) < 4.78 is 0. The van der Waals surface area contributed by atoms with Crippen LogP contribution >= 0.6 is 0 Å². The summed E-state index contributed by atoms with van der Waals surface area (Å²) in [7, 11) is 0. The van der Waals surface area contributed by atoms with Crippen molar-refractivity contribution in [2.24, 2.45) is 5.73 Å². The molecule has 1 unspecified atom stereocenters. The lowest BCUT2D eigenvalue weighted by atomic mass is 10.1. The highest BCUT2D eigenvalue weighted by atomic mass is 16.2. The van der Waals surface area contributed by atoms with Gasteiger partial charge in [0.1, 0.15) is 0 Å². The maximum absolute atomic E-state index is 11.6. The number of aryl methyl sites for hydroxylation is 2. The predicted molar refractivity (Wildman–Crippen MR) is 65.4 cm³/mol. The van der Waals surface area contributed by atoms with Gasteiger partial charge in [0.15, 0.2) is 0 Å². The molecule has 0 radical (unpaired) electrons. The van der Waals surface area contributed by atoms with Gasteiger partial charge in [-0.05, 0) is 48.9 Å². The molecular formula is C13H18N2O. The number of benzene rings is 1. The van der Waals surface area contributed by atoms with Crippen molar-refractivity contribution in [2.45, 2.75) is 38.6 Å². The summed E-state index contributed by atoms with van der Waals surface area (Å²) in [5.41, 5.74) is 9.31. The Morgan fingerprint density at radius 2 is 2.19 bits per heavy atom. The van der Waals surface area contributed by atoms with Crippen molar-refractivity contribution in [2.75, 3.05) is 5.32 Å². The van der Waals surface area contributed by atoms with Gasteiger partial charge < -0.3 is 11.1 Å². The zero-order valence-corrected chi connectivity index (χ0v) is 9.62. The van der Waals surface area contributed by atoms with E-state index < -0.39 is 6.04 Å². The standard InChI is InChI=1S/C13H18N2O/c1-2-12(14)13(16)15-11-7-6-9-4-3-5-10(9)8-11/h6-8,12H,2-5,14H2,1H3,(H,15,16). The van der Waals surface area contributed by atoms with Crippen LogP contribution in [-0.2, 0) is 17.6 Å². The van der Waals surface area contributed by atoms with Crippen LogP contribution < -0.4 is 11.1 Å². The van der Waals surface area contributed by atoms with Gasteiger partial charge in [-0.25, -0.2) is 0 Å². The van der Waals surface area contributed by atoms with E-state index in [-0.39, 0.29) is 5.91 Å². The summed E-state index contributed by atoms with van der Waals surface area (Å²) in [4.78, 5) is 11.6. The highest BCUT2D eigenvalue weighted by molar-refractivity contribution is 5.94. The molecule has 1 aromatic carbocycles. The molecule has 0 aliphatic heterocycles. The highest BCUT2D eigenvalue weighted by Gasteiger charge is 2.14. The number of carbonyl (C=O) groups excluding carboxylic acids is 1. The number of carbonyl (C=O) groups is 1. The van der Waals surface area contributed by atoms with Gasteiger partial charge in [-0.3, -0.25) is 4.79 Å². The number of nitrogens with one attached hydrogen (secondary N) is 1. The number of hydrogen-bond donors (Lipinski definition) is 2. The van der Waals surface area contributed by atoms with E-state index in [0.29, 0.717) is 6.42 Å². The van der Waals surface area contributed by atoms with E-state index in [4.69, 9.17) is 5.73 Å². The molecule has 3 N–H and O–H groups in total. The average molecular weight is 218 g/mol. The topological polar surface area (TPSA) is 55.1 Å². The van der Waals surface area contributed by atoms with Crippen LogP contribution in [0, 0.1) is 0 Å². The lowest BCUT2D eigenvalue weighted by Crippen LogP contribution is -2.34. The minimum atomic E-state index is -0.409. The molecule has 1 aliphatic carbocycles. The molecular weight excluding hydrogens is 200 g/mol. The molecule has 1 atom stereocenters. The third kappa shape index (κ3) is 2.25. The fraction of sp³-hybridized carbons (Fsp3) is 0.462. The summed E-state index contributed by atoms with van der Waals surface area (Å²) in [6.45, 7) is 1.91. The quantitative estimate of drug-likeness (QED) is 0.813. The Morgan fingerprint density at radius 1 is 1.44 bits per heavy atom. The van der Waals surface area contributed by atoms with Crippen molar-refractivity contribution in [3.05, 3.63) is 29.3 Å². The van der Waals surface area contributed by atoms with Crippen LogP contribution in [-0.4, -0.2) is 11.9 Å². The Balaban J connectivity index is 2.08. The summed E-state index contributed by atoms with van der Waals surface area (Å²) in [5, 5.41) is 2.86. The van der Waals surface area contributed by atoms with Crippen LogP contribution in [0.5, 0.6) is 0 Å². The van der Waals surface area contributed by atoms with Crippen molar-refractivity contribution in [3.63, 3.8) is 0 Å². The van der Waals surface area contributed by atoms with Crippen LogP contribution in [0.15, 0.2) is 18.2 Å². The number of amides is 1. The van der Waals surface area contributed by atoms with E-state index in [2.05, 4.69) is 17.4 Å². The number of hydrogen-bond acceptors (Lipinski definition) is 2. The molecule has 3 heteroatoms. The number of anilines is 1. The molecule has 0 saturated heterocycles. The van der Waals surface area contributed by atoms with Gasteiger partial charge in [-0.15, -0.1) is 0 Å². The van der Waals surface area contributed by atoms with Gasteiger partial charge in [0.2, 0.25) is 5.91 Å². The molecule has 0 aromatic heterocycles. The smallest absolute Gasteiger partial charge is 0.241 e. The normalized spacial score (nSPS) is 15.6. The van der Waals surface area contributed by atoms with Crippen LogP contribution in [0.4, 0.5) is 5.69 Å². The van der Waals surface area contributed by atoms with Gasteiger partial charge in [-0.2, -0.15) is 0 Å². The Morgan fingerprint density at radius 3 is 2.94 bits per heavy atom. The molecule has 1 aliphatic rings. The van der Waals surface area contributed by atoms with Crippen molar-refractivity contribution in [1.29, 1.82) is 0 Å². The van der Waals surface area contributed by atoms with Gasteiger partial charge in [0.05, 0.1) is 6.04 Å². The molecule has 1 amide bonds. The van der Waals surface area contributed by atoms with Gasteiger partial charge in [0.25, 0.3) is 0 Å². The van der Waals surface area contributed by atoms with Crippen LogP contribution in [0.1, 0.15) is 30.9 Å². The van der Waals surface area contributed by atoms with Crippen LogP contribution in [0.3, 0.4) is 0 Å². The molecule has 0 spiro atoms. The van der Waals surface area contributed by atoms with Crippen molar-refractivity contribution in [1.82, 2.24) is 0 Å². The first-order valence-corrected chi connectivity index (χ1v) is 5.89. The molecule has 86 valence electrons. The molecule has 1 aromatic rings. The van der Waals surface area contributed by atoms with Crippen LogP contribution in [0.25, 0.3) is 0 Å². The maximum atomic E-state index is 11.6. The molecule has 0 heterocycles. The lowest BCUT2D eigenvalue weighted by molar-refractivity contribution is -0.117. The second-order valence-electron chi connectivity index (χ2n) is 4.34. The molecule has 0 saturated carbocycles. The summed E-state index contributed by atoms with van der Waals surface area (Å²) >= 11 is 0. The first kappa shape index (κ1) is 11.1. The van der Waals surface area contributed by atoms with Crippen molar-refractivity contribution >= 4 is 11.6 Å². The van der Waals surface area contributed by atoms with E-state index in [1.54, 1.807) is 0 Å². The highest BCUT2D eigenvalue weighted by Crippen LogP contribution is 2.24. The Kier molecular flexibility index (Phi) is 3.25. The van der Waals surface area contributed by atoms with Gasteiger partial charge >= 0.3 is 0 Å². The third-order valence-electron chi connectivity index (χ3n) is 3.14. The molecule has 16 heavy (non-hydrogen) atoms. The van der Waals surface area contributed by atoms with E-state index in [1.807, 2.05) is 13.0 Å². The minimum Gasteiger partial charge on any atom is -0.325 e. The molecule has 0 fully saturated rings. The molecule has 2 rings (SSSR count). The van der Waals surface area contributed by atoms with E-state index >= 15 is 0 Å². The average Bonchev–Trinajstić information content (AvgIpc) is 2.75. The van der Waals surface area contributed by atoms with Crippen LogP contribution in [0.2, 0.25) is 0 Å². The van der Waals surface area contributed by atoms with E-state index in [1.165, 1.54) is 17.5 Å². The van der Waals surface area contributed by atoms with Crippen molar-refractivity contribution < 1.29 is 4.79 Å². The zero-order chi connectivity index (χ0) is 11.5. The predicted octanol–water partition coefficient (Wildman–Crippen LogP) is 1.85. The second-order valence-corrected chi connectivity index (χ2v) is 4.34. The number of rotatable bonds is 3. The van der Waals surface area contributed by atoms with E-state index in [0.717, 1.165) is 18.5 Å². The number of nitrogens with two attached hydrogens (primary N) is 1. The van der Waals surface area contributed by atoms with Gasteiger partial charge in [0, 0.05) is 5.69 Å². The number of fused-ring (bicyclic) bond motifs is 1. The molecule has 0 bridgehead atoms. The summed E-state index contributed by atoms with van der Waals surface area (Å²) in [6, 6.07) is 5.73. The Hall–Kier alpha value is -1.35. The second kappa shape index (κ2) is 4.66. The Bertz CT molecular complexity index is 401. The SMILES string of the molecule is CCC(N)C(=O)Nc1ccc2c(c1)CCC2. The third-order valence-corrected chi connectivity index (χ3v) is 3.14. The largest absolute Gasteiger partial charge is 0.325 e. The monoisotopic (exact) mass is 218 g/mol. The lowest BCUT2D eigenvalue weighted by Gasteiger charge is -2.11. The van der Waals surface area contributed by atoms with E-state index in [9.17, 15) is 4.79 Å². The van der Waals surface area contributed by atoms with Crippen molar-refractivity contribution in [3.8, 4) is 0 Å². The summed E-state index contributed by atoms with van der Waals surface area (Å²) in [5.74, 6) is -0.0968. The summed E-state index contributed by atoms with van der Waals surface area (Å²) in [6.07, 6.45) is 4.18. The zero-order valence-electron chi connectivity index (χ0n) is 9.62. The fourth-order valence-electron chi connectivity index (χ4n) is 2.07. The maximum Gasteiger partial charge on any atom is 0.241 e. The Labute approximate surface area is 96.0 Å². The first-order valence-electron chi connectivity index (χ1n) is 5.89. The van der Waals surface area contributed by atoms with Gasteiger partial charge in [-0.1, -0.05) is 13.0 Å².